The predicted octanol–water partition coefficient (Wildman–Crippen LogP) is 4.58. The molecule has 8 nitrogen and oxygen atoms in total. The van der Waals surface area contributed by atoms with E-state index in [1.165, 1.54) is 0 Å². The van der Waals surface area contributed by atoms with Gasteiger partial charge in [0, 0.05) is 24.3 Å². The van der Waals surface area contributed by atoms with Gasteiger partial charge in [0.1, 0.15) is 11.4 Å². The van der Waals surface area contributed by atoms with Gasteiger partial charge in [-0.25, -0.2) is 9.97 Å². The van der Waals surface area contributed by atoms with Crippen LogP contribution >= 0.6 is 0 Å². The third-order valence-corrected chi connectivity index (χ3v) is 6.69. The van der Waals surface area contributed by atoms with E-state index in [0.717, 1.165) is 38.6 Å². The first kappa shape index (κ1) is 22.8. The Balaban J connectivity index is 1.37. The molecular weight excluding hydrogens is 464 g/mol. The van der Waals surface area contributed by atoms with Gasteiger partial charge in [0.25, 0.3) is 5.56 Å². The van der Waals surface area contributed by atoms with Gasteiger partial charge in [-0.1, -0.05) is 42.5 Å². The summed E-state index contributed by atoms with van der Waals surface area (Å²) in [4.78, 5) is 28.0. The smallest absolute Gasteiger partial charge is 0.261 e. The zero-order valence-electron chi connectivity index (χ0n) is 20.3. The van der Waals surface area contributed by atoms with Crippen molar-refractivity contribution in [1.82, 2.24) is 24.5 Å². The first-order valence-electron chi connectivity index (χ1n) is 12.2. The number of pyridine rings is 1. The topological polar surface area (TPSA) is 112 Å². The molecule has 0 amide bonds. The number of imidazole rings is 2. The van der Waals surface area contributed by atoms with Crippen molar-refractivity contribution in [3.05, 3.63) is 107 Å². The highest BCUT2D eigenvalue weighted by Crippen LogP contribution is 2.28. The number of aromatic amines is 2. The van der Waals surface area contributed by atoms with E-state index < -0.39 is 0 Å². The maximum absolute atomic E-state index is 13.0. The fraction of sp³-hybridized carbons (Fsp3) is 0.138. The van der Waals surface area contributed by atoms with Crippen LogP contribution in [0.3, 0.4) is 0 Å². The number of anilines is 1. The summed E-state index contributed by atoms with van der Waals surface area (Å²) < 4.78 is 1.92. The molecule has 1 atom stereocenters. The molecule has 8 heteroatoms. The summed E-state index contributed by atoms with van der Waals surface area (Å²) in [7, 11) is 0. The maximum atomic E-state index is 13.0. The molecule has 37 heavy (non-hydrogen) atoms. The first-order valence-corrected chi connectivity index (χ1v) is 12.2. The van der Waals surface area contributed by atoms with Crippen LogP contribution in [0, 0.1) is 6.92 Å². The summed E-state index contributed by atoms with van der Waals surface area (Å²) in [6.45, 7) is 1.90. The van der Waals surface area contributed by atoms with Crippen LogP contribution in [0.15, 0.2) is 90.4 Å². The van der Waals surface area contributed by atoms with Crippen LogP contribution in [-0.2, 0) is 6.42 Å². The van der Waals surface area contributed by atoms with E-state index in [1.807, 2.05) is 48.0 Å². The van der Waals surface area contributed by atoms with Crippen LogP contribution in [0.4, 0.5) is 5.69 Å². The van der Waals surface area contributed by atoms with Crippen molar-refractivity contribution in [3.8, 4) is 17.1 Å². The molecule has 3 aromatic carbocycles. The molecule has 0 saturated carbocycles. The van der Waals surface area contributed by atoms with Gasteiger partial charge >= 0.3 is 0 Å². The average molecular weight is 491 g/mol. The second-order valence-corrected chi connectivity index (χ2v) is 9.18. The van der Waals surface area contributed by atoms with Crippen LogP contribution in [0.1, 0.15) is 11.1 Å². The van der Waals surface area contributed by atoms with Crippen molar-refractivity contribution >= 4 is 27.5 Å². The number of aliphatic hydroxyl groups excluding tert-OH is 1. The van der Waals surface area contributed by atoms with E-state index in [2.05, 4.69) is 44.5 Å². The van der Waals surface area contributed by atoms with Gasteiger partial charge in [0.2, 0.25) is 0 Å². The van der Waals surface area contributed by atoms with E-state index >= 15 is 0 Å². The highest BCUT2D eigenvalue weighted by molar-refractivity contribution is 5.87. The number of aryl methyl sites for hydroxylation is 1. The number of aromatic nitrogens is 5. The number of fused-ring (bicyclic) bond motifs is 2. The van der Waals surface area contributed by atoms with Crippen LogP contribution in [0.5, 0.6) is 0 Å². The lowest BCUT2D eigenvalue weighted by atomic mass is 9.98. The fourth-order valence-electron chi connectivity index (χ4n) is 4.90. The SMILES string of the molecule is Cc1cc(-n2ccnc2)cc2[nH]c(-c3c(N[C@H](CO)Cc4cccc5ccccc45)cc[nH]c3=O)nc12. The monoisotopic (exact) mass is 490 g/mol. The second kappa shape index (κ2) is 9.40. The lowest BCUT2D eigenvalue weighted by Crippen LogP contribution is -2.28. The minimum atomic E-state index is -0.301. The average Bonchev–Trinajstić information content (AvgIpc) is 3.59. The zero-order chi connectivity index (χ0) is 25.4. The number of aliphatic hydroxyl groups is 1. The molecule has 0 aliphatic carbocycles. The van der Waals surface area contributed by atoms with Gasteiger partial charge in [0.05, 0.1) is 35.7 Å². The second-order valence-electron chi connectivity index (χ2n) is 9.18. The molecule has 0 aliphatic rings. The Hall–Kier alpha value is -4.69. The van der Waals surface area contributed by atoms with Crippen LogP contribution in [-0.4, -0.2) is 42.3 Å². The van der Waals surface area contributed by atoms with Crippen molar-refractivity contribution in [2.75, 3.05) is 11.9 Å². The largest absolute Gasteiger partial charge is 0.394 e. The standard InChI is InChI=1S/C29H26N6O2/c1-18-13-22(35-12-11-30-17-35)15-25-27(18)34-28(33-25)26-24(9-10-31-29(26)37)32-21(16-36)14-20-7-4-6-19-5-2-3-8-23(19)20/h2-13,15,17,21,36H,14,16H2,1H3,(H,33,34)(H2,31,32,37)/t21-/m0/s1. The van der Waals surface area contributed by atoms with E-state index in [-0.39, 0.29) is 18.2 Å². The van der Waals surface area contributed by atoms with E-state index in [1.54, 1.807) is 24.8 Å². The molecular formula is C29H26N6O2. The summed E-state index contributed by atoms with van der Waals surface area (Å²) in [6.07, 6.45) is 7.55. The van der Waals surface area contributed by atoms with Gasteiger partial charge in [0.15, 0.2) is 0 Å². The Morgan fingerprint density at radius 3 is 2.81 bits per heavy atom. The highest BCUT2D eigenvalue weighted by Gasteiger charge is 2.19. The lowest BCUT2D eigenvalue weighted by molar-refractivity contribution is 0.274. The van der Waals surface area contributed by atoms with Gasteiger partial charge < -0.3 is 25.0 Å². The Kier molecular flexibility index (Phi) is 5.78. The molecule has 3 aromatic heterocycles. The lowest BCUT2D eigenvalue weighted by Gasteiger charge is -2.20. The number of hydrogen-bond donors (Lipinski definition) is 4. The van der Waals surface area contributed by atoms with Crippen LogP contribution in [0.2, 0.25) is 0 Å². The number of nitrogens with one attached hydrogen (secondary N) is 3. The summed E-state index contributed by atoms with van der Waals surface area (Å²) in [5.74, 6) is 0.465. The Bertz CT molecular complexity index is 1760. The van der Waals surface area contributed by atoms with Crippen LogP contribution < -0.4 is 10.9 Å². The molecule has 4 N–H and O–H groups in total. The van der Waals surface area contributed by atoms with Crippen molar-refractivity contribution in [2.45, 2.75) is 19.4 Å². The summed E-state index contributed by atoms with van der Waals surface area (Å²) in [6, 6.07) is 19.9. The maximum Gasteiger partial charge on any atom is 0.261 e. The summed E-state index contributed by atoms with van der Waals surface area (Å²) in [5, 5.41) is 15.9. The Morgan fingerprint density at radius 2 is 1.97 bits per heavy atom. The zero-order valence-corrected chi connectivity index (χ0v) is 20.3. The number of hydrogen-bond acceptors (Lipinski definition) is 5. The van der Waals surface area contributed by atoms with Gasteiger partial charge in [-0.15, -0.1) is 0 Å². The number of H-pyrrole nitrogens is 2. The molecule has 184 valence electrons. The quantitative estimate of drug-likeness (QED) is 0.262. The van der Waals surface area contributed by atoms with Crippen molar-refractivity contribution in [2.24, 2.45) is 0 Å². The highest BCUT2D eigenvalue weighted by atomic mass is 16.3. The van der Waals surface area contributed by atoms with Gasteiger partial charge in [-0.05, 0) is 53.4 Å². The van der Waals surface area contributed by atoms with E-state index in [9.17, 15) is 9.90 Å². The van der Waals surface area contributed by atoms with Crippen LogP contribution in [0.25, 0.3) is 38.9 Å². The van der Waals surface area contributed by atoms with Gasteiger partial charge in [-0.3, -0.25) is 4.79 Å². The molecule has 6 rings (SSSR count). The van der Waals surface area contributed by atoms with Crippen molar-refractivity contribution in [3.63, 3.8) is 0 Å². The normalized spacial score (nSPS) is 12.3. The fourth-order valence-corrected chi connectivity index (χ4v) is 4.90. The van der Waals surface area contributed by atoms with E-state index in [0.29, 0.717) is 23.5 Å². The predicted molar refractivity (Wildman–Crippen MR) is 146 cm³/mol. The molecule has 0 radical (unpaired) electrons. The summed E-state index contributed by atoms with van der Waals surface area (Å²) >= 11 is 0. The molecule has 0 bridgehead atoms. The molecule has 0 spiro atoms. The summed E-state index contributed by atoms with van der Waals surface area (Å²) in [5.41, 5.74) is 5.42. The number of nitrogens with zero attached hydrogens (tertiary/aromatic N) is 3. The third-order valence-electron chi connectivity index (χ3n) is 6.69. The van der Waals surface area contributed by atoms with Gasteiger partial charge in [-0.2, -0.15) is 0 Å². The molecule has 0 saturated heterocycles. The minimum Gasteiger partial charge on any atom is -0.394 e. The molecule has 0 fully saturated rings. The van der Waals surface area contributed by atoms with Crippen molar-refractivity contribution in [1.29, 1.82) is 0 Å². The Morgan fingerprint density at radius 1 is 1.11 bits per heavy atom. The molecule has 0 unspecified atom stereocenters. The third kappa shape index (κ3) is 4.28. The Labute approximate surface area is 212 Å². The number of rotatable bonds is 7. The van der Waals surface area contributed by atoms with E-state index in [4.69, 9.17) is 4.98 Å². The molecule has 6 aromatic rings. The molecule has 0 aliphatic heterocycles. The number of benzene rings is 3. The minimum absolute atomic E-state index is 0.0943. The molecule has 3 heterocycles. The van der Waals surface area contributed by atoms with Crippen molar-refractivity contribution < 1.29 is 5.11 Å². The first-order chi connectivity index (χ1) is 18.1.